The Morgan fingerprint density at radius 1 is 1.27 bits per heavy atom. The van der Waals surface area contributed by atoms with Crippen molar-refractivity contribution in [2.24, 2.45) is 5.92 Å². The molecule has 0 fully saturated rings. The number of aryl methyl sites for hydroxylation is 2. The third kappa shape index (κ3) is 2.16. The lowest BCUT2D eigenvalue weighted by atomic mass is 9.97. The van der Waals surface area contributed by atoms with Crippen LogP contribution in [0, 0.1) is 19.8 Å². The van der Waals surface area contributed by atoms with Crippen molar-refractivity contribution in [2.75, 3.05) is 0 Å². The molecule has 0 aliphatic heterocycles. The average molecular weight is 298 g/mol. The van der Waals surface area contributed by atoms with E-state index in [0.717, 1.165) is 22.4 Å². The summed E-state index contributed by atoms with van der Waals surface area (Å²) in [6, 6.07) is 0. The number of aromatic nitrogens is 4. The van der Waals surface area contributed by atoms with Gasteiger partial charge in [-0.1, -0.05) is 19.1 Å². The van der Waals surface area contributed by atoms with E-state index in [0.29, 0.717) is 17.2 Å². The van der Waals surface area contributed by atoms with E-state index >= 15 is 0 Å². The van der Waals surface area contributed by atoms with Crippen LogP contribution in [-0.4, -0.2) is 24.7 Å². The summed E-state index contributed by atoms with van der Waals surface area (Å²) in [5.74, 6) is 0.806. The average Bonchev–Trinajstić information content (AvgIpc) is 2.70. The highest BCUT2D eigenvalue weighted by atomic mass is 16.3. The maximum Gasteiger partial charge on any atom is 0.349 e. The van der Waals surface area contributed by atoms with Crippen LogP contribution in [0.4, 0.5) is 0 Å². The zero-order chi connectivity index (χ0) is 16.0. The minimum atomic E-state index is -0.306. The first-order chi connectivity index (χ1) is 10.4. The quantitative estimate of drug-likeness (QED) is 0.847. The van der Waals surface area contributed by atoms with Gasteiger partial charge in [-0.2, -0.15) is 9.61 Å². The number of aromatic amines is 1. The van der Waals surface area contributed by atoms with Crippen LogP contribution in [-0.2, 0) is 0 Å². The number of hydrogen-bond acceptors (Lipinski definition) is 4. The van der Waals surface area contributed by atoms with Gasteiger partial charge in [0.15, 0.2) is 5.65 Å². The number of hydrogen-bond donors (Lipinski definition) is 2. The van der Waals surface area contributed by atoms with Crippen LogP contribution in [0.3, 0.4) is 0 Å². The summed E-state index contributed by atoms with van der Waals surface area (Å²) in [5, 5.41) is 14.2. The molecule has 0 aromatic carbocycles. The fourth-order valence-electron chi connectivity index (χ4n) is 2.75. The van der Waals surface area contributed by atoms with Gasteiger partial charge in [-0.25, -0.2) is 9.78 Å². The lowest BCUT2D eigenvalue weighted by Crippen LogP contribution is -2.19. The van der Waals surface area contributed by atoms with Crippen molar-refractivity contribution in [1.29, 1.82) is 0 Å². The molecule has 2 aromatic rings. The van der Waals surface area contributed by atoms with Crippen molar-refractivity contribution >= 4 is 11.2 Å². The largest absolute Gasteiger partial charge is 0.512 e. The standard InChI is InChI=1S/C16H18N4O2/c1-8-7-9(2)13(21)6-5-12(8)14-10(3)19-20-15(14)17-11(4)18-16(20)22/h5-7,9,21H,1-4H3,(H,17,18,22)/t9-/m1/s1. The minimum Gasteiger partial charge on any atom is -0.512 e. The van der Waals surface area contributed by atoms with Gasteiger partial charge in [-0.3, -0.25) is 4.98 Å². The number of nitrogens with one attached hydrogen (secondary N) is 1. The number of allylic oxidation sites excluding steroid dienone is 5. The first kappa shape index (κ1) is 14.3. The van der Waals surface area contributed by atoms with E-state index in [1.807, 2.05) is 32.9 Å². The Kier molecular flexibility index (Phi) is 3.24. The highest BCUT2D eigenvalue weighted by Gasteiger charge is 2.20. The van der Waals surface area contributed by atoms with Gasteiger partial charge in [0, 0.05) is 5.92 Å². The molecule has 114 valence electrons. The predicted octanol–water partition coefficient (Wildman–Crippen LogP) is 2.46. The minimum absolute atomic E-state index is 0.0472. The second kappa shape index (κ2) is 4.98. The zero-order valence-electron chi connectivity index (χ0n) is 13.0. The number of aliphatic hydroxyl groups excluding tert-OH is 1. The van der Waals surface area contributed by atoms with Crippen molar-refractivity contribution in [3.63, 3.8) is 0 Å². The molecule has 0 saturated heterocycles. The Hall–Kier alpha value is -2.63. The van der Waals surface area contributed by atoms with Gasteiger partial charge in [-0.15, -0.1) is 0 Å². The summed E-state index contributed by atoms with van der Waals surface area (Å²) < 4.78 is 1.28. The van der Waals surface area contributed by atoms with Crippen molar-refractivity contribution < 1.29 is 5.11 Å². The molecule has 6 nitrogen and oxygen atoms in total. The summed E-state index contributed by atoms with van der Waals surface area (Å²) in [4.78, 5) is 19.1. The predicted molar refractivity (Wildman–Crippen MR) is 84.7 cm³/mol. The fourth-order valence-corrected chi connectivity index (χ4v) is 2.75. The van der Waals surface area contributed by atoms with Gasteiger partial charge >= 0.3 is 5.69 Å². The molecule has 3 rings (SSSR count). The number of fused-ring (bicyclic) bond motifs is 1. The molecule has 0 bridgehead atoms. The Morgan fingerprint density at radius 2 is 2.00 bits per heavy atom. The Labute approximate surface area is 127 Å². The molecular formula is C16H18N4O2. The molecule has 0 unspecified atom stereocenters. The molecule has 0 spiro atoms. The maximum atomic E-state index is 12.0. The molecule has 0 amide bonds. The van der Waals surface area contributed by atoms with E-state index in [9.17, 15) is 9.90 Å². The maximum absolute atomic E-state index is 12.0. The van der Waals surface area contributed by atoms with Crippen LogP contribution in [0.15, 0.2) is 34.4 Å². The molecule has 1 aliphatic rings. The van der Waals surface area contributed by atoms with E-state index in [-0.39, 0.29) is 11.6 Å². The van der Waals surface area contributed by atoms with Gasteiger partial charge in [0.25, 0.3) is 0 Å². The molecule has 2 aromatic heterocycles. The smallest absolute Gasteiger partial charge is 0.349 e. The van der Waals surface area contributed by atoms with E-state index < -0.39 is 0 Å². The van der Waals surface area contributed by atoms with E-state index in [4.69, 9.17) is 0 Å². The van der Waals surface area contributed by atoms with Gasteiger partial charge in [-0.05, 0) is 38.0 Å². The molecule has 2 N–H and O–H groups in total. The topological polar surface area (TPSA) is 83.3 Å². The van der Waals surface area contributed by atoms with Crippen LogP contribution in [0.2, 0.25) is 0 Å². The lowest BCUT2D eigenvalue weighted by molar-refractivity contribution is 0.365. The second-order valence-electron chi connectivity index (χ2n) is 5.63. The monoisotopic (exact) mass is 298 g/mol. The van der Waals surface area contributed by atoms with Crippen molar-refractivity contribution in [1.82, 2.24) is 19.6 Å². The SMILES string of the molecule is CC1=C[C@@H](C)C(O)=CC=C1c1c(C)nn2c(=O)[nH]c(C)nc12. The lowest BCUT2D eigenvalue weighted by Gasteiger charge is -2.08. The van der Waals surface area contributed by atoms with Crippen molar-refractivity contribution in [2.45, 2.75) is 27.7 Å². The van der Waals surface area contributed by atoms with Crippen LogP contribution >= 0.6 is 0 Å². The second-order valence-corrected chi connectivity index (χ2v) is 5.63. The molecule has 0 saturated carbocycles. The number of H-pyrrole nitrogens is 1. The zero-order valence-corrected chi connectivity index (χ0v) is 13.0. The Balaban J connectivity index is 2.33. The number of nitrogens with zero attached hydrogens (tertiary/aromatic N) is 3. The normalized spacial score (nSPS) is 18.7. The third-order valence-electron chi connectivity index (χ3n) is 3.87. The number of rotatable bonds is 1. The van der Waals surface area contributed by atoms with Gasteiger partial charge in [0.2, 0.25) is 0 Å². The molecular weight excluding hydrogens is 280 g/mol. The number of aliphatic hydroxyl groups is 1. The van der Waals surface area contributed by atoms with Gasteiger partial charge in [0.05, 0.1) is 17.0 Å². The van der Waals surface area contributed by atoms with Gasteiger partial charge in [0.1, 0.15) is 5.82 Å². The van der Waals surface area contributed by atoms with E-state index in [2.05, 4.69) is 15.1 Å². The summed E-state index contributed by atoms with van der Waals surface area (Å²) in [5.41, 5.74) is 3.71. The third-order valence-corrected chi connectivity index (χ3v) is 3.87. The van der Waals surface area contributed by atoms with E-state index in [1.165, 1.54) is 4.52 Å². The highest BCUT2D eigenvalue weighted by Crippen LogP contribution is 2.32. The first-order valence-corrected chi connectivity index (χ1v) is 7.14. The molecule has 6 heteroatoms. The van der Waals surface area contributed by atoms with Crippen LogP contribution in [0.25, 0.3) is 11.2 Å². The summed E-state index contributed by atoms with van der Waals surface area (Å²) in [6.07, 6.45) is 5.54. The van der Waals surface area contributed by atoms with Crippen molar-refractivity contribution in [3.05, 3.63) is 57.1 Å². The summed E-state index contributed by atoms with van der Waals surface area (Å²) >= 11 is 0. The van der Waals surface area contributed by atoms with E-state index in [1.54, 1.807) is 13.0 Å². The molecule has 1 atom stereocenters. The van der Waals surface area contributed by atoms with Crippen LogP contribution < -0.4 is 5.69 Å². The summed E-state index contributed by atoms with van der Waals surface area (Å²) in [7, 11) is 0. The molecule has 0 radical (unpaired) electrons. The molecule has 1 aliphatic carbocycles. The summed E-state index contributed by atoms with van der Waals surface area (Å²) in [6.45, 7) is 7.51. The van der Waals surface area contributed by atoms with Crippen LogP contribution in [0.1, 0.15) is 30.9 Å². The highest BCUT2D eigenvalue weighted by molar-refractivity contribution is 5.87. The Bertz CT molecular complexity index is 912. The van der Waals surface area contributed by atoms with Crippen molar-refractivity contribution in [3.8, 4) is 0 Å². The van der Waals surface area contributed by atoms with Crippen LogP contribution in [0.5, 0.6) is 0 Å². The fraction of sp³-hybridized carbons (Fsp3) is 0.312. The molecule has 22 heavy (non-hydrogen) atoms. The van der Waals surface area contributed by atoms with Gasteiger partial charge < -0.3 is 5.11 Å². The first-order valence-electron chi connectivity index (χ1n) is 7.14. The molecule has 2 heterocycles. The Morgan fingerprint density at radius 3 is 2.73 bits per heavy atom.